The molecule has 1 aliphatic rings. The van der Waals surface area contributed by atoms with E-state index >= 15 is 0 Å². The van der Waals surface area contributed by atoms with E-state index in [9.17, 15) is 0 Å². The van der Waals surface area contributed by atoms with E-state index in [0.717, 1.165) is 19.5 Å². The SMILES string of the molecule is CC(C)CNC(N)=NCC1(Cc2ccccc2)CCC1.I. The molecule has 0 atom stereocenters. The molecule has 4 heteroatoms. The number of rotatable bonds is 6. The van der Waals surface area contributed by atoms with Crippen LogP contribution in [-0.2, 0) is 6.42 Å². The summed E-state index contributed by atoms with van der Waals surface area (Å²) in [5, 5.41) is 3.19. The zero-order valence-electron chi connectivity index (χ0n) is 13.1. The highest BCUT2D eigenvalue weighted by Crippen LogP contribution is 2.43. The van der Waals surface area contributed by atoms with Gasteiger partial charge in [0, 0.05) is 13.1 Å². The number of hydrogen-bond donors (Lipinski definition) is 2. The number of benzene rings is 1. The third kappa shape index (κ3) is 5.85. The molecule has 1 aromatic carbocycles. The number of hydrogen-bond acceptors (Lipinski definition) is 1. The van der Waals surface area contributed by atoms with Crippen LogP contribution in [0.25, 0.3) is 0 Å². The van der Waals surface area contributed by atoms with Gasteiger partial charge >= 0.3 is 0 Å². The second-order valence-corrected chi connectivity index (χ2v) is 6.49. The van der Waals surface area contributed by atoms with Gasteiger partial charge in [0.1, 0.15) is 0 Å². The van der Waals surface area contributed by atoms with Crippen LogP contribution in [0, 0.1) is 11.3 Å². The van der Waals surface area contributed by atoms with Crippen molar-refractivity contribution in [3.63, 3.8) is 0 Å². The van der Waals surface area contributed by atoms with Crippen molar-refractivity contribution in [3.8, 4) is 0 Å². The average molecular weight is 401 g/mol. The maximum atomic E-state index is 5.94. The molecule has 0 aliphatic heterocycles. The zero-order valence-corrected chi connectivity index (χ0v) is 15.5. The first-order valence-electron chi connectivity index (χ1n) is 7.67. The van der Waals surface area contributed by atoms with E-state index in [0.29, 0.717) is 17.3 Å². The minimum Gasteiger partial charge on any atom is -0.370 e. The summed E-state index contributed by atoms with van der Waals surface area (Å²) in [6, 6.07) is 10.7. The summed E-state index contributed by atoms with van der Waals surface area (Å²) in [7, 11) is 0. The maximum Gasteiger partial charge on any atom is 0.188 e. The minimum absolute atomic E-state index is 0. The fourth-order valence-corrected chi connectivity index (χ4v) is 2.71. The molecule has 0 saturated heterocycles. The van der Waals surface area contributed by atoms with Crippen LogP contribution in [0.15, 0.2) is 35.3 Å². The first kappa shape index (κ1) is 18.3. The lowest BCUT2D eigenvalue weighted by Crippen LogP contribution is -2.39. The van der Waals surface area contributed by atoms with Crippen LogP contribution >= 0.6 is 24.0 Å². The van der Waals surface area contributed by atoms with Gasteiger partial charge in [-0.05, 0) is 36.2 Å². The standard InChI is InChI=1S/C17H27N3.HI/c1-14(2)12-19-16(18)20-13-17(9-6-10-17)11-15-7-4-3-5-8-15;/h3-5,7-8,14H,6,9-13H2,1-2H3,(H3,18,19,20);1H. The molecular weight excluding hydrogens is 373 g/mol. The quantitative estimate of drug-likeness (QED) is 0.435. The summed E-state index contributed by atoms with van der Waals surface area (Å²) in [5.74, 6) is 1.18. The molecule has 0 bridgehead atoms. The van der Waals surface area contributed by atoms with Gasteiger partial charge in [-0.15, -0.1) is 24.0 Å². The number of guanidine groups is 1. The van der Waals surface area contributed by atoms with Gasteiger partial charge in [0.05, 0.1) is 0 Å². The number of halogens is 1. The van der Waals surface area contributed by atoms with Crippen LogP contribution in [0.4, 0.5) is 0 Å². The van der Waals surface area contributed by atoms with Gasteiger partial charge in [-0.25, -0.2) is 0 Å². The molecule has 0 amide bonds. The lowest BCUT2D eigenvalue weighted by atomic mass is 9.65. The highest BCUT2D eigenvalue weighted by Gasteiger charge is 2.36. The van der Waals surface area contributed by atoms with Crippen molar-refractivity contribution < 1.29 is 0 Å². The summed E-state index contributed by atoms with van der Waals surface area (Å²) >= 11 is 0. The fourth-order valence-electron chi connectivity index (χ4n) is 2.71. The predicted molar refractivity (Wildman–Crippen MR) is 101 cm³/mol. The Morgan fingerprint density at radius 3 is 2.48 bits per heavy atom. The summed E-state index contributed by atoms with van der Waals surface area (Å²) in [4.78, 5) is 4.57. The highest BCUT2D eigenvalue weighted by molar-refractivity contribution is 14.0. The maximum absolute atomic E-state index is 5.94. The van der Waals surface area contributed by atoms with Crippen molar-refractivity contribution >= 4 is 29.9 Å². The lowest BCUT2D eigenvalue weighted by Gasteiger charge is -2.41. The highest BCUT2D eigenvalue weighted by atomic mass is 127. The molecule has 0 heterocycles. The van der Waals surface area contributed by atoms with E-state index in [1.54, 1.807) is 0 Å². The van der Waals surface area contributed by atoms with Gasteiger partial charge in [0.15, 0.2) is 5.96 Å². The molecule has 1 aromatic rings. The van der Waals surface area contributed by atoms with E-state index in [-0.39, 0.29) is 24.0 Å². The Kier molecular flexibility index (Phi) is 7.49. The molecule has 3 N–H and O–H groups in total. The monoisotopic (exact) mass is 401 g/mol. The Morgan fingerprint density at radius 2 is 1.95 bits per heavy atom. The summed E-state index contributed by atoms with van der Waals surface area (Å²) < 4.78 is 0. The number of nitrogens with one attached hydrogen (secondary N) is 1. The Bertz CT molecular complexity index is 439. The molecule has 0 spiro atoms. The Labute approximate surface area is 145 Å². The first-order valence-corrected chi connectivity index (χ1v) is 7.67. The van der Waals surface area contributed by atoms with Crippen molar-refractivity contribution in [2.24, 2.45) is 22.1 Å². The van der Waals surface area contributed by atoms with Crippen molar-refractivity contribution in [1.82, 2.24) is 5.32 Å². The molecule has 1 fully saturated rings. The molecule has 1 aliphatic carbocycles. The summed E-state index contributed by atoms with van der Waals surface area (Å²) in [6.07, 6.45) is 4.97. The van der Waals surface area contributed by atoms with E-state index < -0.39 is 0 Å². The predicted octanol–water partition coefficient (Wildman–Crippen LogP) is 3.58. The van der Waals surface area contributed by atoms with Gasteiger partial charge in [0.25, 0.3) is 0 Å². The first-order chi connectivity index (χ1) is 9.60. The van der Waals surface area contributed by atoms with E-state index in [1.165, 1.54) is 24.8 Å². The molecule has 3 nitrogen and oxygen atoms in total. The topological polar surface area (TPSA) is 50.4 Å². The lowest BCUT2D eigenvalue weighted by molar-refractivity contribution is 0.145. The average Bonchev–Trinajstić information content (AvgIpc) is 2.40. The minimum atomic E-state index is 0. The van der Waals surface area contributed by atoms with Crippen molar-refractivity contribution in [3.05, 3.63) is 35.9 Å². The van der Waals surface area contributed by atoms with Gasteiger partial charge in [-0.2, -0.15) is 0 Å². The molecular formula is C17H28IN3. The zero-order chi connectivity index (χ0) is 14.4. The largest absolute Gasteiger partial charge is 0.370 e. The van der Waals surface area contributed by atoms with Crippen LogP contribution in [-0.4, -0.2) is 19.0 Å². The normalized spacial score (nSPS) is 17.0. The molecule has 1 saturated carbocycles. The van der Waals surface area contributed by atoms with Crippen LogP contribution in [0.1, 0.15) is 38.7 Å². The van der Waals surface area contributed by atoms with Crippen LogP contribution in [0.3, 0.4) is 0 Å². The molecule has 118 valence electrons. The van der Waals surface area contributed by atoms with Crippen molar-refractivity contribution in [1.29, 1.82) is 0 Å². The van der Waals surface area contributed by atoms with Gasteiger partial charge in [-0.3, -0.25) is 4.99 Å². The van der Waals surface area contributed by atoms with E-state index in [1.807, 2.05) is 0 Å². The molecule has 0 aromatic heterocycles. The van der Waals surface area contributed by atoms with E-state index in [4.69, 9.17) is 5.73 Å². The molecule has 0 unspecified atom stereocenters. The Hall–Kier alpha value is -0.780. The Morgan fingerprint density at radius 1 is 1.29 bits per heavy atom. The van der Waals surface area contributed by atoms with Crippen molar-refractivity contribution in [2.75, 3.05) is 13.1 Å². The second-order valence-electron chi connectivity index (χ2n) is 6.49. The molecule has 21 heavy (non-hydrogen) atoms. The molecule has 0 radical (unpaired) electrons. The Balaban J connectivity index is 0.00000220. The smallest absolute Gasteiger partial charge is 0.188 e. The van der Waals surface area contributed by atoms with Crippen LogP contribution < -0.4 is 11.1 Å². The van der Waals surface area contributed by atoms with Crippen LogP contribution in [0.2, 0.25) is 0 Å². The summed E-state index contributed by atoms with van der Waals surface area (Å²) in [5.41, 5.74) is 7.69. The van der Waals surface area contributed by atoms with Crippen molar-refractivity contribution in [2.45, 2.75) is 39.5 Å². The number of aliphatic imine (C=N–C) groups is 1. The van der Waals surface area contributed by atoms with Gasteiger partial charge in [0.2, 0.25) is 0 Å². The molecule has 2 rings (SSSR count). The van der Waals surface area contributed by atoms with Gasteiger partial charge in [-0.1, -0.05) is 50.6 Å². The third-order valence-electron chi connectivity index (χ3n) is 4.11. The van der Waals surface area contributed by atoms with E-state index in [2.05, 4.69) is 54.5 Å². The fraction of sp³-hybridized carbons (Fsp3) is 0.588. The van der Waals surface area contributed by atoms with Crippen LogP contribution in [0.5, 0.6) is 0 Å². The van der Waals surface area contributed by atoms with Gasteiger partial charge < -0.3 is 11.1 Å². The number of nitrogens with zero attached hydrogens (tertiary/aromatic N) is 1. The number of nitrogens with two attached hydrogens (primary N) is 1. The summed E-state index contributed by atoms with van der Waals surface area (Å²) in [6.45, 7) is 6.08. The third-order valence-corrected chi connectivity index (χ3v) is 4.11. The second kappa shape index (κ2) is 8.61.